The molecular formula is C12H12N2O. The fourth-order valence-corrected chi connectivity index (χ4v) is 1.71. The highest BCUT2D eigenvalue weighted by Crippen LogP contribution is 2.24. The maximum absolute atomic E-state index is 10.9. The molecule has 0 radical (unpaired) electrons. The number of carbonyl (C=O) groups is 1. The Hall–Kier alpha value is -1.90. The van der Waals surface area contributed by atoms with Gasteiger partial charge in [0, 0.05) is 24.4 Å². The van der Waals surface area contributed by atoms with E-state index in [1.807, 2.05) is 44.4 Å². The highest BCUT2D eigenvalue weighted by atomic mass is 16.1. The summed E-state index contributed by atoms with van der Waals surface area (Å²) in [6.45, 7) is 1.94. The molecule has 1 aromatic carbocycles. The second-order valence-electron chi connectivity index (χ2n) is 3.51. The second-order valence-corrected chi connectivity index (χ2v) is 3.51. The molecule has 0 atom stereocenters. The molecule has 0 unspecified atom stereocenters. The third kappa shape index (κ3) is 1.68. The lowest BCUT2D eigenvalue weighted by Crippen LogP contribution is -1.86. The molecule has 2 rings (SSSR count). The molecule has 15 heavy (non-hydrogen) atoms. The Balaban J connectivity index is 2.63. The number of carbonyl (C=O) groups excluding carboxylic acids is 1. The molecule has 3 heteroatoms. The molecule has 0 fully saturated rings. The summed E-state index contributed by atoms with van der Waals surface area (Å²) < 4.78 is 1.76. The van der Waals surface area contributed by atoms with Crippen molar-refractivity contribution in [2.45, 2.75) is 6.92 Å². The molecular weight excluding hydrogens is 188 g/mol. The zero-order valence-electron chi connectivity index (χ0n) is 8.77. The van der Waals surface area contributed by atoms with Gasteiger partial charge in [-0.15, -0.1) is 0 Å². The Bertz CT molecular complexity index is 500. The van der Waals surface area contributed by atoms with Crippen molar-refractivity contribution in [3.8, 4) is 11.1 Å². The molecule has 1 heterocycles. The van der Waals surface area contributed by atoms with Crippen LogP contribution < -0.4 is 0 Å². The SMILES string of the molecule is Cc1nn(C)cc1-c1ccccc1C=O. The summed E-state index contributed by atoms with van der Waals surface area (Å²) in [5.41, 5.74) is 3.60. The van der Waals surface area contributed by atoms with Crippen LogP contribution in [0.1, 0.15) is 16.1 Å². The van der Waals surface area contributed by atoms with Gasteiger partial charge in [0.1, 0.15) is 0 Å². The summed E-state index contributed by atoms with van der Waals surface area (Å²) >= 11 is 0. The van der Waals surface area contributed by atoms with Crippen LogP contribution >= 0.6 is 0 Å². The minimum atomic E-state index is 0.702. The van der Waals surface area contributed by atoms with Gasteiger partial charge >= 0.3 is 0 Å². The molecule has 76 valence electrons. The Morgan fingerprint density at radius 2 is 2.00 bits per heavy atom. The van der Waals surface area contributed by atoms with Gasteiger partial charge in [0.2, 0.25) is 0 Å². The summed E-state index contributed by atoms with van der Waals surface area (Å²) in [5.74, 6) is 0. The quantitative estimate of drug-likeness (QED) is 0.696. The monoisotopic (exact) mass is 200 g/mol. The number of aryl methyl sites for hydroxylation is 2. The standard InChI is InChI=1S/C12H12N2O/c1-9-12(7-14(2)13-9)11-6-4-3-5-10(11)8-15/h3-8H,1-2H3. The van der Waals surface area contributed by atoms with Crippen LogP contribution in [0.25, 0.3) is 11.1 Å². The third-order valence-corrected chi connectivity index (χ3v) is 2.39. The lowest BCUT2D eigenvalue weighted by molar-refractivity contribution is 0.112. The summed E-state index contributed by atoms with van der Waals surface area (Å²) in [5, 5.41) is 4.26. The molecule has 0 bridgehead atoms. The largest absolute Gasteiger partial charge is 0.298 e. The molecule has 0 aliphatic carbocycles. The summed E-state index contributed by atoms with van der Waals surface area (Å²) in [6.07, 6.45) is 2.80. The van der Waals surface area contributed by atoms with Gasteiger partial charge in [-0.1, -0.05) is 24.3 Å². The van der Waals surface area contributed by atoms with Gasteiger partial charge in [0.15, 0.2) is 6.29 Å². The Morgan fingerprint density at radius 3 is 2.60 bits per heavy atom. The fourth-order valence-electron chi connectivity index (χ4n) is 1.71. The van der Waals surface area contributed by atoms with Gasteiger partial charge in [0.25, 0.3) is 0 Å². The molecule has 0 saturated heterocycles. The van der Waals surface area contributed by atoms with Crippen molar-refractivity contribution in [3.63, 3.8) is 0 Å². The van der Waals surface area contributed by atoms with E-state index in [0.717, 1.165) is 23.1 Å². The Kier molecular flexibility index (Phi) is 2.37. The van der Waals surface area contributed by atoms with E-state index in [1.165, 1.54) is 0 Å². The van der Waals surface area contributed by atoms with Crippen molar-refractivity contribution in [3.05, 3.63) is 41.7 Å². The van der Waals surface area contributed by atoms with E-state index in [9.17, 15) is 4.79 Å². The van der Waals surface area contributed by atoms with E-state index in [1.54, 1.807) is 4.68 Å². The summed E-state index contributed by atoms with van der Waals surface area (Å²) in [4.78, 5) is 10.9. The molecule has 0 spiro atoms. The van der Waals surface area contributed by atoms with Crippen LogP contribution in [0.2, 0.25) is 0 Å². The lowest BCUT2D eigenvalue weighted by atomic mass is 10.0. The minimum Gasteiger partial charge on any atom is -0.298 e. The topological polar surface area (TPSA) is 34.9 Å². The van der Waals surface area contributed by atoms with Crippen molar-refractivity contribution < 1.29 is 4.79 Å². The first-order valence-corrected chi connectivity index (χ1v) is 4.77. The van der Waals surface area contributed by atoms with E-state index in [2.05, 4.69) is 5.10 Å². The summed E-state index contributed by atoms with van der Waals surface area (Å²) in [6, 6.07) is 7.54. The first kappa shape index (κ1) is 9.65. The predicted molar refractivity (Wildman–Crippen MR) is 58.8 cm³/mol. The molecule has 2 aromatic rings. The highest BCUT2D eigenvalue weighted by Gasteiger charge is 2.09. The maximum atomic E-state index is 10.9. The van der Waals surface area contributed by atoms with Crippen LogP contribution in [0.5, 0.6) is 0 Å². The normalized spacial score (nSPS) is 10.3. The second kappa shape index (κ2) is 3.69. The van der Waals surface area contributed by atoms with Crippen LogP contribution in [0, 0.1) is 6.92 Å². The minimum absolute atomic E-state index is 0.702. The smallest absolute Gasteiger partial charge is 0.150 e. The van der Waals surface area contributed by atoms with E-state index < -0.39 is 0 Å². The van der Waals surface area contributed by atoms with Crippen LogP contribution in [-0.4, -0.2) is 16.1 Å². The lowest BCUT2D eigenvalue weighted by Gasteiger charge is -2.01. The van der Waals surface area contributed by atoms with Gasteiger partial charge in [0.05, 0.1) is 5.69 Å². The van der Waals surface area contributed by atoms with Crippen molar-refractivity contribution in [1.82, 2.24) is 9.78 Å². The predicted octanol–water partition coefficient (Wildman–Crippen LogP) is 2.21. The van der Waals surface area contributed by atoms with Crippen LogP contribution in [0.15, 0.2) is 30.5 Å². The van der Waals surface area contributed by atoms with Crippen LogP contribution in [-0.2, 0) is 7.05 Å². The molecule has 1 aromatic heterocycles. The average molecular weight is 200 g/mol. The van der Waals surface area contributed by atoms with E-state index in [4.69, 9.17) is 0 Å². The van der Waals surface area contributed by atoms with E-state index in [-0.39, 0.29) is 0 Å². The molecule has 0 N–H and O–H groups in total. The fraction of sp³-hybridized carbons (Fsp3) is 0.167. The summed E-state index contributed by atoms with van der Waals surface area (Å²) in [7, 11) is 1.88. The molecule has 0 aliphatic rings. The average Bonchev–Trinajstić information content (AvgIpc) is 2.57. The number of aldehydes is 1. The van der Waals surface area contributed by atoms with Crippen LogP contribution in [0.4, 0.5) is 0 Å². The van der Waals surface area contributed by atoms with Gasteiger partial charge in [-0.3, -0.25) is 9.48 Å². The van der Waals surface area contributed by atoms with Gasteiger partial charge < -0.3 is 0 Å². The third-order valence-electron chi connectivity index (χ3n) is 2.39. The number of hydrogen-bond acceptors (Lipinski definition) is 2. The number of benzene rings is 1. The number of nitrogens with zero attached hydrogens (tertiary/aromatic N) is 2. The molecule has 3 nitrogen and oxygen atoms in total. The van der Waals surface area contributed by atoms with E-state index >= 15 is 0 Å². The highest BCUT2D eigenvalue weighted by molar-refractivity contribution is 5.87. The maximum Gasteiger partial charge on any atom is 0.150 e. The molecule has 0 saturated carbocycles. The van der Waals surface area contributed by atoms with Crippen molar-refractivity contribution >= 4 is 6.29 Å². The van der Waals surface area contributed by atoms with Gasteiger partial charge in [-0.25, -0.2) is 0 Å². The number of rotatable bonds is 2. The first-order chi connectivity index (χ1) is 7.22. The first-order valence-electron chi connectivity index (χ1n) is 4.77. The van der Waals surface area contributed by atoms with E-state index in [0.29, 0.717) is 5.56 Å². The molecule has 0 aliphatic heterocycles. The number of aromatic nitrogens is 2. The van der Waals surface area contributed by atoms with Crippen molar-refractivity contribution in [1.29, 1.82) is 0 Å². The van der Waals surface area contributed by atoms with Crippen molar-refractivity contribution in [2.75, 3.05) is 0 Å². The zero-order chi connectivity index (χ0) is 10.8. The van der Waals surface area contributed by atoms with Crippen molar-refractivity contribution in [2.24, 2.45) is 7.05 Å². The Morgan fingerprint density at radius 1 is 1.27 bits per heavy atom. The van der Waals surface area contributed by atoms with Gasteiger partial charge in [-0.2, -0.15) is 5.10 Å². The number of hydrogen-bond donors (Lipinski definition) is 0. The molecule has 0 amide bonds. The van der Waals surface area contributed by atoms with Crippen LogP contribution in [0.3, 0.4) is 0 Å². The Labute approximate surface area is 88.4 Å². The zero-order valence-corrected chi connectivity index (χ0v) is 8.77. The van der Waals surface area contributed by atoms with Gasteiger partial charge in [-0.05, 0) is 12.5 Å².